The molecule has 2 aromatic carbocycles. The summed E-state index contributed by atoms with van der Waals surface area (Å²) in [4.78, 5) is 128. The van der Waals surface area contributed by atoms with Gasteiger partial charge in [0.1, 0.15) is 11.5 Å². The number of aliphatic imine (C=N–C) groups is 2. The van der Waals surface area contributed by atoms with Crippen molar-refractivity contribution in [2.24, 2.45) is 20.8 Å². The van der Waals surface area contributed by atoms with Crippen molar-refractivity contribution in [3.8, 4) is 0 Å². The van der Waals surface area contributed by atoms with E-state index in [0.717, 1.165) is 161 Å². The number of carbonyl (C=O) groups excluding carboxylic acids is 8. The summed E-state index contributed by atoms with van der Waals surface area (Å²) in [6, 6.07) is 7.93. The molecule has 4 aliphatic heterocycles. The van der Waals surface area contributed by atoms with Crippen LogP contribution in [0.3, 0.4) is 0 Å². The van der Waals surface area contributed by atoms with Crippen molar-refractivity contribution in [2.75, 3.05) is 58.1 Å². The number of carbonyl (C=O) groups is 8. The predicted molar refractivity (Wildman–Crippen MR) is 547 cm³/mol. The number of anilines is 4. The Morgan fingerprint density at radius 3 is 1.10 bits per heavy atom. The molecule has 748 valence electrons. The molecule has 0 radical (unpaired) electrons. The van der Waals surface area contributed by atoms with Gasteiger partial charge in [-0.25, -0.2) is 45.9 Å². The number of rotatable bonds is 38. The zero-order valence-corrected chi connectivity index (χ0v) is 86.9. The summed E-state index contributed by atoms with van der Waals surface area (Å²) in [5.74, 6) is -3.35. The van der Waals surface area contributed by atoms with Crippen LogP contribution >= 0.6 is 0 Å². The largest absolute Gasteiger partial charge is 0.506 e. The maximum absolute atomic E-state index is 14.9. The third-order valence-electron chi connectivity index (χ3n) is 30.4. The van der Waals surface area contributed by atoms with Crippen LogP contribution in [0.4, 0.5) is 32.3 Å². The van der Waals surface area contributed by atoms with Gasteiger partial charge in [-0.2, -0.15) is 0 Å². The lowest BCUT2D eigenvalue weighted by Gasteiger charge is -2.34. The molecule has 28 nitrogen and oxygen atoms in total. The first-order valence-corrected chi connectivity index (χ1v) is 54.0. The number of allylic oxidation sites excluding steroid dienone is 12. The highest BCUT2D eigenvalue weighted by Crippen LogP contribution is 2.57. The maximum Gasteiger partial charge on any atom is 0.315 e. The van der Waals surface area contributed by atoms with Gasteiger partial charge >= 0.3 is 12.1 Å². The molecule has 4 atom stereocenters. The molecule has 4 heterocycles. The molecule has 2 aromatic rings. The van der Waals surface area contributed by atoms with Gasteiger partial charge in [0.25, 0.3) is 0 Å². The topological polar surface area (TPSA) is 379 Å². The van der Waals surface area contributed by atoms with Crippen LogP contribution in [-0.4, -0.2) is 194 Å². The van der Waals surface area contributed by atoms with Crippen molar-refractivity contribution in [1.29, 1.82) is 0 Å². The number of nitrogens with one attached hydrogen (secondary N) is 8. The number of nitrogens with zero attached hydrogens (tertiary/aromatic N) is 6. The lowest BCUT2D eigenvalue weighted by atomic mass is 9.73. The van der Waals surface area contributed by atoms with Crippen molar-refractivity contribution >= 4 is 113 Å². The summed E-state index contributed by atoms with van der Waals surface area (Å²) in [6.45, 7) is 46.9. The van der Waals surface area contributed by atoms with Crippen LogP contribution in [0.5, 0.6) is 0 Å². The van der Waals surface area contributed by atoms with Crippen LogP contribution < -0.4 is 51.1 Å². The zero-order valence-electron chi connectivity index (χ0n) is 85.3. The molecular weight excluding hydrogens is 1760 g/mol. The standard InChI is InChI=1S/C54H84N6O8S2.C52H74N8O6/c1-13-15-17-19-21-23-29-69(65,66)55-27-25-47(61)57-43-33-45-41(53(9,10)37(7)59(45)35(3)4)31-39(43)49-51(63)50(52(49)64)40-32-42-46(60(36(5)6)38(8)54(42,11)12)34-44(40)58-48(62)26-28-56-70(67,68)30-24-22-20-18-16-14-2;1-29(2)59-31(5)51(7,8)37-25-35(39(27-41(37)59)57-43(61)21-23-53-49(65)55-33-17-13-11-14-18-33)45-47(63)46(48(45)64)36-26-38-42(60(30(3)4)32(6)52(38,9)10)28-40(36)58-44(62)22-24-54-50(66)56-34-19-15-12-16-20-34/h31-38,55-56,63H,13-30H2,1-12H3,(H,57,61);25-34,63H,11-24H2,1-10H3,(H,57,61)(H2,53,55,65)(H2,54,56,66). The first-order chi connectivity index (χ1) is 64.0. The quantitative estimate of drug-likeness (QED) is 0.0220. The third kappa shape index (κ3) is 23.8. The molecule has 8 amide bonds. The minimum atomic E-state index is -3.60. The zero-order chi connectivity index (χ0) is 99.8. The average Bonchev–Trinajstić information content (AvgIpc) is 1.51. The fraction of sp³-hybridized carbons (Fsp3) is 0.642. The van der Waals surface area contributed by atoms with Gasteiger partial charge in [-0.05, 0) is 192 Å². The van der Waals surface area contributed by atoms with Crippen LogP contribution in [0.2, 0.25) is 0 Å². The molecule has 30 heteroatoms. The fourth-order valence-corrected chi connectivity index (χ4v) is 23.8. The Morgan fingerprint density at radius 2 is 0.743 bits per heavy atom. The van der Waals surface area contributed by atoms with Crippen LogP contribution in [0.25, 0.3) is 11.1 Å². The second-order valence-electron chi connectivity index (χ2n) is 42.6. The first kappa shape index (κ1) is 107. The Hall–Kier alpha value is -9.52. The maximum atomic E-state index is 14.9. The normalized spacial score (nSPS) is 22.9. The van der Waals surface area contributed by atoms with Gasteiger partial charge < -0.3 is 61.7 Å². The van der Waals surface area contributed by atoms with Crippen LogP contribution in [0, 0.1) is 10.8 Å². The summed E-state index contributed by atoms with van der Waals surface area (Å²) in [5.41, 5.74) is 8.57. The number of hydrogen-bond acceptors (Lipinski definition) is 18. The molecule has 2 saturated carbocycles. The average molecular weight is 1920 g/mol. The Bertz CT molecular complexity index is 5470. The smallest absolute Gasteiger partial charge is 0.315 e. The number of aliphatic hydroxyl groups excluding tert-OH is 2. The van der Waals surface area contributed by atoms with Gasteiger partial charge in [-0.1, -0.05) is 172 Å². The highest BCUT2D eigenvalue weighted by atomic mass is 32.2. The number of amides is 8. The van der Waals surface area contributed by atoms with Gasteiger partial charge in [0.2, 0.25) is 55.2 Å². The molecule has 6 aliphatic carbocycles. The molecule has 2 saturated heterocycles. The molecule has 10 N–H and O–H groups in total. The molecule has 0 spiro atoms. The van der Waals surface area contributed by atoms with E-state index in [1.54, 1.807) is 6.08 Å². The van der Waals surface area contributed by atoms with Gasteiger partial charge in [-0.15, -0.1) is 0 Å². The summed E-state index contributed by atoms with van der Waals surface area (Å²) < 4.78 is 56.3. The number of likely N-dealkylation sites (tertiary alicyclic amines) is 2. The van der Waals surface area contributed by atoms with Crippen LogP contribution in [-0.2, 0) is 59.6 Å². The number of sulfonamides is 2. The van der Waals surface area contributed by atoms with E-state index in [4.69, 9.17) is 0 Å². The fourth-order valence-electron chi connectivity index (χ4n) is 21.6. The minimum absolute atomic E-state index is 0.00289. The van der Waals surface area contributed by atoms with E-state index in [2.05, 4.69) is 223 Å². The molecule has 4 fully saturated rings. The molecule has 4 unspecified atom stereocenters. The van der Waals surface area contributed by atoms with Gasteiger partial charge in [0, 0.05) is 179 Å². The van der Waals surface area contributed by atoms with Crippen molar-refractivity contribution in [1.82, 2.24) is 40.5 Å². The number of Topliss-reactive ketones (excluding diaryl/α,β-unsaturated/α-hetero) is 2. The summed E-state index contributed by atoms with van der Waals surface area (Å²) in [5, 5.41) is 42.2. The highest BCUT2D eigenvalue weighted by Gasteiger charge is 2.53. The first-order valence-electron chi connectivity index (χ1n) is 50.7. The van der Waals surface area contributed by atoms with E-state index in [9.17, 15) is 65.4 Å². The van der Waals surface area contributed by atoms with E-state index >= 15 is 0 Å². The van der Waals surface area contributed by atoms with Crippen LogP contribution in [0.1, 0.15) is 342 Å². The highest BCUT2D eigenvalue weighted by molar-refractivity contribution is 7.89. The number of ketones is 2. The lowest BCUT2D eigenvalue weighted by Crippen LogP contribution is -2.43. The van der Waals surface area contributed by atoms with Gasteiger partial charge in [0.05, 0.1) is 56.6 Å². The molecule has 12 rings (SSSR count). The third-order valence-corrected chi connectivity index (χ3v) is 33.4. The molecule has 136 heavy (non-hydrogen) atoms. The van der Waals surface area contributed by atoms with E-state index < -0.39 is 54.7 Å². The molecule has 0 aromatic heterocycles. The number of hydrogen-bond donors (Lipinski definition) is 10. The second-order valence-corrected chi connectivity index (χ2v) is 46.4. The Kier molecular flexibility index (Phi) is 35.2. The molecule has 0 bridgehead atoms. The van der Waals surface area contributed by atoms with Crippen molar-refractivity contribution in [2.45, 2.75) is 391 Å². The Labute approximate surface area is 810 Å². The molecular formula is C106H158N14O14S2. The number of urea groups is 2. The monoisotopic (exact) mass is 1920 g/mol. The van der Waals surface area contributed by atoms with E-state index in [1.807, 2.05) is 42.5 Å². The van der Waals surface area contributed by atoms with Crippen molar-refractivity contribution < 1.29 is 65.4 Å². The van der Waals surface area contributed by atoms with E-state index in [-0.39, 0.29) is 209 Å². The van der Waals surface area contributed by atoms with Crippen LogP contribution in [0.15, 0.2) is 115 Å². The summed E-state index contributed by atoms with van der Waals surface area (Å²) >= 11 is 0. The lowest BCUT2D eigenvalue weighted by molar-refractivity contribution is -0.118. The van der Waals surface area contributed by atoms with Crippen molar-refractivity contribution in [3.63, 3.8) is 0 Å². The van der Waals surface area contributed by atoms with E-state index in [1.165, 1.54) is 12.8 Å². The molecule has 10 aliphatic rings. The van der Waals surface area contributed by atoms with Gasteiger partial charge in [0.15, 0.2) is 0 Å². The minimum Gasteiger partial charge on any atom is -0.506 e. The van der Waals surface area contributed by atoms with E-state index in [0.29, 0.717) is 40.9 Å². The second kappa shape index (κ2) is 44.7. The Morgan fingerprint density at radius 1 is 0.419 bits per heavy atom. The summed E-state index contributed by atoms with van der Waals surface area (Å²) in [6.07, 6.45) is 28.8. The van der Waals surface area contributed by atoms with Crippen molar-refractivity contribution in [3.05, 3.63) is 127 Å². The summed E-state index contributed by atoms with van der Waals surface area (Å²) in [7, 11) is -7.18. The number of aliphatic hydroxyl groups is 2. The Balaban J connectivity index is 0.000000262. The number of fused-ring (bicyclic) bond motifs is 4. The predicted octanol–water partition coefficient (Wildman–Crippen LogP) is 18.6. The number of benzene rings is 2. The van der Waals surface area contributed by atoms with Gasteiger partial charge in [-0.3, -0.25) is 28.8 Å². The number of unbranched alkanes of at least 4 members (excludes halogenated alkanes) is 10. The SMILES string of the molecule is CC(C)N1C2=CC(=NC(=O)CCNC(=O)NC3CCCCC3)C(=C3C(=O)C(c4cc5c(cc4NC(=O)CCNC(=O)NC4CCCCC4)N(C(C)C)C(C)C5(C)C)=C3O)C=C2C(C)(C)C1C.CCCCCCCCS(=O)(=O)NCCC(=O)N=C1C=C2C(=CC1=C1C(=O)C(c3cc4c(cc3NC(=O)CCNS(=O)(=O)CCCCCCCC)N(C(C)C)C(C)C4(C)C)=C1O)C(C)(C)C(C)N2C(C)C.